The van der Waals surface area contributed by atoms with Crippen LogP contribution in [0.15, 0.2) is 41.7 Å². The Morgan fingerprint density at radius 2 is 2.24 bits per heavy atom. The number of benzene rings is 1. The number of halogens is 1. The average Bonchev–Trinajstić information content (AvgIpc) is 3.26. The molecule has 1 saturated heterocycles. The maximum atomic E-state index is 13.4. The van der Waals surface area contributed by atoms with Crippen molar-refractivity contribution in [1.29, 1.82) is 0 Å². The van der Waals surface area contributed by atoms with Crippen LogP contribution in [-0.2, 0) is 16.0 Å². The minimum atomic E-state index is -0.720. The number of thioether (sulfide) groups is 1. The maximum absolute atomic E-state index is 13.4. The van der Waals surface area contributed by atoms with Gasteiger partial charge in [0, 0.05) is 24.9 Å². The highest BCUT2D eigenvalue weighted by molar-refractivity contribution is 8.26. The van der Waals surface area contributed by atoms with Crippen LogP contribution in [0.5, 0.6) is 0 Å². The molecule has 0 saturated carbocycles. The van der Waals surface area contributed by atoms with E-state index in [0.717, 1.165) is 17.5 Å². The molecule has 6 nitrogen and oxygen atoms in total. The van der Waals surface area contributed by atoms with Crippen LogP contribution < -0.4 is 5.32 Å². The summed E-state index contributed by atoms with van der Waals surface area (Å²) in [7, 11) is 0. The van der Waals surface area contributed by atoms with Gasteiger partial charge in [0.25, 0.3) is 5.91 Å². The minimum absolute atomic E-state index is 0.141. The van der Waals surface area contributed by atoms with Crippen LogP contribution in [0.25, 0.3) is 6.08 Å². The number of carbonyl (C=O) groups is 2. The van der Waals surface area contributed by atoms with Gasteiger partial charge in [0.2, 0.25) is 5.91 Å². The van der Waals surface area contributed by atoms with Crippen LogP contribution in [0.3, 0.4) is 0 Å². The lowest BCUT2D eigenvalue weighted by molar-refractivity contribution is -0.134. The molecule has 152 valence electrons. The fraction of sp³-hybridized carbons (Fsp3) is 0.300. The third-order valence-electron chi connectivity index (χ3n) is 4.40. The molecule has 0 bridgehead atoms. The fourth-order valence-corrected chi connectivity index (χ4v) is 4.36. The van der Waals surface area contributed by atoms with E-state index in [1.807, 2.05) is 13.8 Å². The fourth-order valence-electron chi connectivity index (χ4n) is 3.03. The molecule has 3 rings (SSSR count). The number of H-pyrrole nitrogens is 1. The zero-order valence-corrected chi connectivity index (χ0v) is 17.6. The molecule has 1 aliphatic heterocycles. The van der Waals surface area contributed by atoms with Crippen molar-refractivity contribution in [3.8, 4) is 0 Å². The van der Waals surface area contributed by atoms with Crippen molar-refractivity contribution < 1.29 is 14.0 Å². The van der Waals surface area contributed by atoms with Gasteiger partial charge in [0.05, 0.1) is 11.2 Å². The Morgan fingerprint density at radius 1 is 1.45 bits per heavy atom. The van der Waals surface area contributed by atoms with E-state index in [2.05, 4.69) is 15.3 Å². The Hall–Kier alpha value is -2.52. The first-order valence-corrected chi connectivity index (χ1v) is 10.4. The molecule has 1 aromatic heterocycles. The monoisotopic (exact) mass is 432 g/mol. The standard InChI is InChI=1S/C20H21FN4O2S2/c1-12(2)17(18(26)23-7-6-15-10-22-11-24-15)25-19(27)16(29-20(25)28)9-13-4-3-5-14(21)8-13/h3-5,8-12,17H,6-7H2,1-2H3,(H,22,24)(H,23,26). The highest BCUT2D eigenvalue weighted by atomic mass is 32.2. The van der Waals surface area contributed by atoms with Crippen LogP contribution in [0.2, 0.25) is 0 Å². The van der Waals surface area contributed by atoms with Crippen molar-refractivity contribution in [3.05, 3.63) is 58.8 Å². The average molecular weight is 433 g/mol. The van der Waals surface area contributed by atoms with Crippen LogP contribution in [-0.4, -0.2) is 43.6 Å². The number of amides is 2. The minimum Gasteiger partial charge on any atom is -0.354 e. The van der Waals surface area contributed by atoms with Crippen molar-refractivity contribution in [3.63, 3.8) is 0 Å². The van der Waals surface area contributed by atoms with E-state index in [1.54, 1.807) is 30.7 Å². The van der Waals surface area contributed by atoms with E-state index >= 15 is 0 Å². The number of carbonyl (C=O) groups excluding carboxylic acids is 2. The van der Waals surface area contributed by atoms with Gasteiger partial charge >= 0.3 is 0 Å². The first kappa shape index (κ1) is 21.2. The predicted molar refractivity (Wildman–Crippen MR) is 115 cm³/mol. The second-order valence-electron chi connectivity index (χ2n) is 6.91. The van der Waals surface area contributed by atoms with Gasteiger partial charge in [-0.05, 0) is 29.7 Å². The molecule has 9 heteroatoms. The van der Waals surface area contributed by atoms with E-state index in [9.17, 15) is 14.0 Å². The van der Waals surface area contributed by atoms with E-state index in [0.29, 0.717) is 27.8 Å². The van der Waals surface area contributed by atoms with Crippen LogP contribution in [0.4, 0.5) is 4.39 Å². The molecular weight excluding hydrogens is 411 g/mol. The molecular formula is C20H21FN4O2S2. The number of hydrogen-bond acceptors (Lipinski definition) is 5. The lowest BCUT2D eigenvalue weighted by Gasteiger charge is -2.28. The van der Waals surface area contributed by atoms with Crippen LogP contribution >= 0.6 is 24.0 Å². The van der Waals surface area contributed by atoms with Crippen molar-refractivity contribution in [2.24, 2.45) is 5.92 Å². The summed E-state index contributed by atoms with van der Waals surface area (Å²) >= 11 is 6.51. The van der Waals surface area contributed by atoms with Gasteiger partial charge in [0.15, 0.2) is 0 Å². The predicted octanol–water partition coefficient (Wildman–Crippen LogP) is 3.13. The zero-order valence-electron chi connectivity index (χ0n) is 16.0. The van der Waals surface area contributed by atoms with E-state index in [-0.39, 0.29) is 23.5 Å². The number of aromatic amines is 1. The van der Waals surface area contributed by atoms with E-state index in [4.69, 9.17) is 12.2 Å². The molecule has 2 amide bonds. The largest absolute Gasteiger partial charge is 0.354 e. The summed E-state index contributed by atoms with van der Waals surface area (Å²) in [5.41, 5.74) is 1.48. The van der Waals surface area contributed by atoms with Crippen molar-refractivity contribution in [2.75, 3.05) is 6.54 Å². The highest BCUT2D eigenvalue weighted by Crippen LogP contribution is 2.35. The molecule has 1 fully saturated rings. The van der Waals surface area contributed by atoms with E-state index in [1.165, 1.54) is 17.0 Å². The van der Waals surface area contributed by atoms with Crippen LogP contribution in [0.1, 0.15) is 25.1 Å². The highest BCUT2D eigenvalue weighted by Gasteiger charge is 2.41. The topological polar surface area (TPSA) is 78.1 Å². The summed E-state index contributed by atoms with van der Waals surface area (Å²) in [5, 5.41) is 2.87. The number of nitrogens with one attached hydrogen (secondary N) is 2. The molecule has 2 heterocycles. The molecule has 29 heavy (non-hydrogen) atoms. The third-order valence-corrected chi connectivity index (χ3v) is 5.73. The molecule has 2 N–H and O–H groups in total. The van der Waals surface area contributed by atoms with Crippen LogP contribution in [0, 0.1) is 11.7 Å². The maximum Gasteiger partial charge on any atom is 0.266 e. The summed E-state index contributed by atoms with van der Waals surface area (Å²) in [4.78, 5) is 34.5. The van der Waals surface area contributed by atoms with Gasteiger partial charge in [-0.3, -0.25) is 14.5 Å². The third kappa shape index (κ3) is 5.10. The Morgan fingerprint density at radius 3 is 2.90 bits per heavy atom. The quantitative estimate of drug-likeness (QED) is 0.519. The van der Waals surface area contributed by atoms with Gasteiger partial charge < -0.3 is 10.3 Å². The van der Waals surface area contributed by atoms with Gasteiger partial charge in [-0.1, -0.05) is 50.0 Å². The number of thiocarbonyl (C=S) groups is 1. The van der Waals surface area contributed by atoms with Gasteiger partial charge in [0.1, 0.15) is 16.2 Å². The Labute approximate surface area is 178 Å². The molecule has 0 spiro atoms. The summed E-state index contributed by atoms with van der Waals surface area (Å²) in [6.07, 6.45) is 5.48. The van der Waals surface area contributed by atoms with Crippen molar-refractivity contribution >= 4 is 46.2 Å². The number of rotatable bonds is 7. The summed E-state index contributed by atoms with van der Waals surface area (Å²) in [6.45, 7) is 4.15. The van der Waals surface area contributed by atoms with Gasteiger partial charge in [-0.25, -0.2) is 9.37 Å². The molecule has 0 radical (unpaired) electrons. The molecule has 1 aliphatic rings. The summed E-state index contributed by atoms with van der Waals surface area (Å²) in [6, 6.07) is 5.24. The normalized spacial score (nSPS) is 16.7. The lowest BCUT2D eigenvalue weighted by atomic mass is 10.0. The molecule has 1 aromatic carbocycles. The zero-order chi connectivity index (χ0) is 21.0. The SMILES string of the molecule is CC(C)C(C(=O)NCCc1cnc[nH]1)N1C(=O)C(=Cc2cccc(F)c2)SC1=S. The smallest absolute Gasteiger partial charge is 0.266 e. The van der Waals surface area contributed by atoms with Crippen molar-refractivity contribution in [1.82, 2.24) is 20.2 Å². The first-order chi connectivity index (χ1) is 13.9. The lowest BCUT2D eigenvalue weighted by Crippen LogP contribution is -2.51. The summed E-state index contributed by atoms with van der Waals surface area (Å²) < 4.78 is 13.8. The number of aromatic nitrogens is 2. The Kier molecular flexibility index (Phi) is 6.81. The summed E-state index contributed by atoms with van der Waals surface area (Å²) in [5.74, 6) is -1.13. The van der Waals surface area contributed by atoms with Gasteiger partial charge in [-0.15, -0.1) is 0 Å². The molecule has 1 unspecified atom stereocenters. The first-order valence-electron chi connectivity index (χ1n) is 9.14. The van der Waals surface area contributed by atoms with Crippen molar-refractivity contribution in [2.45, 2.75) is 26.3 Å². The second kappa shape index (κ2) is 9.32. The van der Waals surface area contributed by atoms with E-state index < -0.39 is 6.04 Å². The molecule has 1 atom stereocenters. The number of hydrogen-bond donors (Lipinski definition) is 2. The number of imidazole rings is 1. The Bertz CT molecular complexity index is 944. The second-order valence-corrected chi connectivity index (χ2v) is 8.59. The number of nitrogens with zero attached hydrogens (tertiary/aromatic N) is 2. The Balaban J connectivity index is 1.73. The molecule has 0 aliphatic carbocycles. The van der Waals surface area contributed by atoms with Gasteiger partial charge in [-0.2, -0.15) is 0 Å². The molecule has 2 aromatic rings.